The summed E-state index contributed by atoms with van der Waals surface area (Å²) in [7, 11) is 0. The van der Waals surface area contributed by atoms with Gasteiger partial charge in [-0.15, -0.1) is 0 Å². The van der Waals surface area contributed by atoms with Gasteiger partial charge in [-0.3, -0.25) is 4.79 Å². The Hall–Kier alpha value is -1.06. The normalized spacial score (nSPS) is 19.0. The van der Waals surface area contributed by atoms with Crippen molar-refractivity contribution in [2.24, 2.45) is 11.7 Å². The molecule has 0 saturated heterocycles. The molecule has 1 aliphatic carbocycles. The number of halogens is 1. The van der Waals surface area contributed by atoms with E-state index in [-0.39, 0.29) is 5.91 Å². The Kier molecular flexibility index (Phi) is 5.65. The highest BCUT2D eigenvalue weighted by Gasteiger charge is 2.41. The van der Waals surface area contributed by atoms with Gasteiger partial charge < -0.3 is 11.1 Å². The maximum atomic E-state index is 12.9. The topological polar surface area (TPSA) is 55.1 Å². The van der Waals surface area contributed by atoms with Gasteiger partial charge in [-0.2, -0.15) is 0 Å². The van der Waals surface area contributed by atoms with Crippen molar-refractivity contribution in [3.63, 3.8) is 0 Å². The van der Waals surface area contributed by atoms with E-state index in [0.717, 1.165) is 31.2 Å². The number of nitrogens with one attached hydrogen (secondary N) is 1. The summed E-state index contributed by atoms with van der Waals surface area (Å²) >= 11 is 6.13. The van der Waals surface area contributed by atoms with Crippen molar-refractivity contribution in [2.75, 3.05) is 13.1 Å². The summed E-state index contributed by atoms with van der Waals surface area (Å²) in [6, 6.07) is 7.77. The van der Waals surface area contributed by atoms with Gasteiger partial charge in [0, 0.05) is 11.6 Å². The monoisotopic (exact) mass is 308 g/mol. The third kappa shape index (κ3) is 3.78. The lowest BCUT2D eigenvalue weighted by Crippen LogP contribution is -2.47. The fraction of sp³-hybridized carbons (Fsp3) is 0.588. The van der Waals surface area contributed by atoms with Crippen LogP contribution < -0.4 is 11.1 Å². The van der Waals surface area contributed by atoms with E-state index < -0.39 is 5.41 Å². The van der Waals surface area contributed by atoms with Gasteiger partial charge in [0.05, 0.1) is 5.41 Å². The predicted molar refractivity (Wildman–Crippen MR) is 87.4 cm³/mol. The molecule has 1 saturated carbocycles. The Labute approximate surface area is 132 Å². The quantitative estimate of drug-likeness (QED) is 0.877. The molecule has 0 aliphatic heterocycles. The van der Waals surface area contributed by atoms with Crippen LogP contribution in [0, 0.1) is 5.92 Å². The van der Waals surface area contributed by atoms with Crippen molar-refractivity contribution in [1.29, 1.82) is 0 Å². The summed E-state index contributed by atoms with van der Waals surface area (Å²) in [5.41, 5.74) is 6.26. The third-order valence-corrected chi connectivity index (χ3v) is 4.77. The Bertz CT molecular complexity index is 483. The number of nitrogens with two attached hydrogens (primary N) is 1. The Morgan fingerprint density at radius 1 is 1.38 bits per heavy atom. The van der Waals surface area contributed by atoms with E-state index >= 15 is 0 Å². The second-order valence-electron chi connectivity index (χ2n) is 6.20. The van der Waals surface area contributed by atoms with Gasteiger partial charge in [0.25, 0.3) is 0 Å². The van der Waals surface area contributed by atoms with Crippen LogP contribution in [-0.4, -0.2) is 19.0 Å². The molecule has 1 atom stereocenters. The lowest BCUT2D eigenvalue weighted by atomic mass is 9.68. The van der Waals surface area contributed by atoms with E-state index in [9.17, 15) is 4.79 Å². The highest BCUT2D eigenvalue weighted by atomic mass is 35.5. The first-order valence-corrected chi connectivity index (χ1v) is 8.21. The number of amides is 1. The smallest absolute Gasteiger partial charge is 0.230 e. The van der Waals surface area contributed by atoms with Crippen LogP contribution in [0.3, 0.4) is 0 Å². The van der Waals surface area contributed by atoms with Gasteiger partial charge in [-0.25, -0.2) is 0 Å². The molecule has 0 aromatic heterocycles. The molecule has 1 amide bonds. The Balaban J connectivity index is 2.22. The second-order valence-corrected chi connectivity index (χ2v) is 6.64. The second kappa shape index (κ2) is 7.28. The molecule has 3 nitrogen and oxygen atoms in total. The van der Waals surface area contributed by atoms with E-state index in [1.165, 1.54) is 6.42 Å². The minimum absolute atomic E-state index is 0.129. The Morgan fingerprint density at radius 3 is 2.71 bits per heavy atom. The summed E-state index contributed by atoms with van der Waals surface area (Å²) in [5, 5.41) is 3.79. The SMILES string of the molecule is CC(CN)CNC(=O)C1(c2cccc(Cl)c2)CCCCC1. The molecular formula is C17H25ClN2O. The molecule has 3 N–H and O–H groups in total. The fourth-order valence-electron chi connectivity index (χ4n) is 3.11. The molecule has 21 heavy (non-hydrogen) atoms. The summed E-state index contributed by atoms with van der Waals surface area (Å²) in [5.74, 6) is 0.429. The van der Waals surface area contributed by atoms with Crippen LogP contribution in [-0.2, 0) is 10.2 Å². The van der Waals surface area contributed by atoms with Crippen molar-refractivity contribution in [1.82, 2.24) is 5.32 Å². The van der Waals surface area contributed by atoms with Gasteiger partial charge in [0.2, 0.25) is 5.91 Å². The predicted octanol–water partition coefficient (Wildman–Crippen LogP) is 3.25. The first-order valence-electron chi connectivity index (χ1n) is 7.83. The molecule has 1 fully saturated rings. The van der Waals surface area contributed by atoms with Gasteiger partial charge >= 0.3 is 0 Å². The largest absolute Gasteiger partial charge is 0.355 e. The highest BCUT2D eigenvalue weighted by molar-refractivity contribution is 6.30. The molecule has 1 aromatic carbocycles. The van der Waals surface area contributed by atoms with Crippen molar-refractivity contribution >= 4 is 17.5 Å². The fourth-order valence-corrected chi connectivity index (χ4v) is 3.30. The molecule has 0 heterocycles. The van der Waals surface area contributed by atoms with Gasteiger partial charge in [0.1, 0.15) is 0 Å². The van der Waals surface area contributed by atoms with Gasteiger partial charge in [-0.1, -0.05) is 49.9 Å². The molecule has 1 aromatic rings. The zero-order valence-electron chi connectivity index (χ0n) is 12.7. The van der Waals surface area contributed by atoms with Crippen molar-refractivity contribution in [3.05, 3.63) is 34.9 Å². The number of carbonyl (C=O) groups excluding carboxylic acids is 1. The van der Waals surface area contributed by atoms with E-state index in [1.807, 2.05) is 31.2 Å². The maximum Gasteiger partial charge on any atom is 0.230 e. The lowest BCUT2D eigenvalue weighted by molar-refractivity contribution is -0.128. The number of hydrogen-bond acceptors (Lipinski definition) is 2. The molecule has 0 spiro atoms. The summed E-state index contributed by atoms with van der Waals surface area (Å²) in [6.07, 6.45) is 5.18. The lowest BCUT2D eigenvalue weighted by Gasteiger charge is -2.36. The van der Waals surface area contributed by atoms with Crippen LogP contribution in [0.25, 0.3) is 0 Å². The molecule has 116 valence electrons. The minimum Gasteiger partial charge on any atom is -0.355 e. The summed E-state index contributed by atoms with van der Waals surface area (Å²) in [4.78, 5) is 12.9. The van der Waals surface area contributed by atoms with Crippen LogP contribution in [0.15, 0.2) is 24.3 Å². The van der Waals surface area contributed by atoms with E-state index in [1.54, 1.807) is 0 Å². The molecule has 1 aliphatic rings. The number of carbonyl (C=O) groups is 1. The van der Waals surface area contributed by atoms with E-state index in [2.05, 4.69) is 5.32 Å². The number of hydrogen-bond donors (Lipinski definition) is 2. The molecule has 4 heteroatoms. The van der Waals surface area contributed by atoms with E-state index in [0.29, 0.717) is 24.0 Å². The van der Waals surface area contributed by atoms with Crippen LogP contribution in [0.1, 0.15) is 44.6 Å². The molecule has 0 bridgehead atoms. The third-order valence-electron chi connectivity index (χ3n) is 4.53. The van der Waals surface area contributed by atoms with Crippen LogP contribution in [0.2, 0.25) is 5.02 Å². The van der Waals surface area contributed by atoms with Crippen LogP contribution >= 0.6 is 11.6 Å². The van der Waals surface area contributed by atoms with E-state index in [4.69, 9.17) is 17.3 Å². The number of rotatable bonds is 5. The number of benzene rings is 1. The van der Waals surface area contributed by atoms with Gasteiger partial charge in [0.15, 0.2) is 0 Å². The van der Waals surface area contributed by atoms with Crippen molar-refractivity contribution in [2.45, 2.75) is 44.4 Å². The standard InChI is InChI=1S/C17H25ClN2O/c1-13(11-19)12-20-16(21)17(8-3-2-4-9-17)14-6-5-7-15(18)10-14/h5-7,10,13H,2-4,8-9,11-12,19H2,1H3,(H,20,21). The maximum absolute atomic E-state index is 12.9. The zero-order chi connectivity index (χ0) is 15.3. The molecule has 1 unspecified atom stereocenters. The highest BCUT2D eigenvalue weighted by Crippen LogP contribution is 2.40. The van der Waals surface area contributed by atoms with Gasteiger partial charge in [-0.05, 0) is 43.0 Å². The minimum atomic E-state index is -0.419. The average molecular weight is 309 g/mol. The first-order chi connectivity index (χ1) is 10.1. The Morgan fingerprint density at radius 2 is 2.10 bits per heavy atom. The summed E-state index contributed by atoms with van der Waals surface area (Å²) in [6.45, 7) is 3.27. The van der Waals surface area contributed by atoms with Crippen LogP contribution in [0.4, 0.5) is 0 Å². The first kappa shape index (κ1) is 16.3. The average Bonchev–Trinajstić information content (AvgIpc) is 2.52. The summed E-state index contributed by atoms with van der Waals surface area (Å²) < 4.78 is 0. The van der Waals surface area contributed by atoms with Crippen LogP contribution in [0.5, 0.6) is 0 Å². The molecule has 0 radical (unpaired) electrons. The van der Waals surface area contributed by atoms with Crippen molar-refractivity contribution < 1.29 is 4.79 Å². The van der Waals surface area contributed by atoms with Crippen molar-refractivity contribution in [3.8, 4) is 0 Å². The molecular weight excluding hydrogens is 284 g/mol. The molecule has 2 rings (SSSR count). The zero-order valence-corrected chi connectivity index (χ0v) is 13.5.